The van der Waals surface area contributed by atoms with Crippen LogP contribution < -0.4 is 0 Å². The van der Waals surface area contributed by atoms with Crippen molar-refractivity contribution < 1.29 is 22.3 Å². The molecule has 0 aliphatic heterocycles. The summed E-state index contributed by atoms with van der Waals surface area (Å²) in [6.07, 6.45) is 7.81. The molecule has 1 saturated carbocycles. The van der Waals surface area contributed by atoms with Gasteiger partial charge in [-0.1, -0.05) is 24.0 Å². The van der Waals surface area contributed by atoms with Crippen molar-refractivity contribution in [3.8, 4) is 11.8 Å². The van der Waals surface area contributed by atoms with E-state index in [9.17, 15) is 17.6 Å². The molecule has 2 aromatic rings. The molecule has 0 unspecified atom stereocenters. The first-order valence-corrected chi connectivity index (χ1v) is 9.59. The fraction of sp³-hybridized carbons (Fsp3) is 0.333. The number of methoxy groups -OCH3 is 1. The Hall–Kier alpha value is -2.58. The van der Waals surface area contributed by atoms with Gasteiger partial charge >= 0.3 is 0 Å². The van der Waals surface area contributed by atoms with Gasteiger partial charge in [0.2, 0.25) is 0 Å². The van der Waals surface area contributed by atoms with Gasteiger partial charge in [0, 0.05) is 12.7 Å². The molecule has 1 aliphatic rings. The average Bonchev–Trinajstić information content (AvgIpc) is 2.70. The highest BCUT2D eigenvalue weighted by atomic mass is 19.2. The summed E-state index contributed by atoms with van der Waals surface area (Å²) in [5.41, 5.74) is 0.416. The lowest BCUT2D eigenvalue weighted by atomic mass is 9.78. The third-order valence-electron chi connectivity index (χ3n) is 5.23. The summed E-state index contributed by atoms with van der Waals surface area (Å²) < 4.78 is 60.2. The molecule has 0 saturated heterocycles. The highest BCUT2D eigenvalue weighted by Crippen LogP contribution is 2.37. The third-order valence-corrected chi connectivity index (χ3v) is 5.23. The topological polar surface area (TPSA) is 9.23 Å². The van der Waals surface area contributed by atoms with Crippen LogP contribution in [0.25, 0.3) is 0 Å². The Labute approximate surface area is 168 Å². The minimum absolute atomic E-state index is 0.110. The summed E-state index contributed by atoms with van der Waals surface area (Å²) >= 11 is 0. The summed E-state index contributed by atoms with van der Waals surface area (Å²) in [7, 11) is 1.65. The highest BCUT2D eigenvalue weighted by Gasteiger charge is 2.23. The van der Waals surface area contributed by atoms with Crippen molar-refractivity contribution in [2.45, 2.75) is 31.6 Å². The number of rotatable bonds is 4. The van der Waals surface area contributed by atoms with Crippen LogP contribution in [0.5, 0.6) is 0 Å². The summed E-state index contributed by atoms with van der Waals surface area (Å²) in [5.74, 6) is 1.93. The van der Waals surface area contributed by atoms with E-state index in [-0.39, 0.29) is 17.0 Å². The molecule has 0 bridgehead atoms. The van der Waals surface area contributed by atoms with Gasteiger partial charge in [-0.05, 0) is 73.4 Å². The minimum Gasteiger partial charge on any atom is -0.381 e. The zero-order chi connectivity index (χ0) is 20.8. The predicted molar refractivity (Wildman–Crippen MR) is 104 cm³/mol. The molecule has 29 heavy (non-hydrogen) atoms. The number of ether oxygens (including phenoxy) is 1. The van der Waals surface area contributed by atoms with Crippen LogP contribution in [0.15, 0.2) is 42.5 Å². The molecule has 1 nitrogen and oxygen atoms in total. The highest BCUT2D eigenvalue weighted by molar-refractivity contribution is 5.45. The van der Waals surface area contributed by atoms with Gasteiger partial charge in [0.05, 0.1) is 12.2 Å². The van der Waals surface area contributed by atoms with Crippen molar-refractivity contribution in [1.29, 1.82) is 0 Å². The lowest BCUT2D eigenvalue weighted by molar-refractivity contribution is 0.233. The van der Waals surface area contributed by atoms with Crippen molar-refractivity contribution in [1.82, 2.24) is 0 Å². The molecule has 0 spiro atoms. The minimum atomic E-state index is -1.05. The first kappa shape index (κ1) is 21.1. The van der Waals surface area contributed by atoms with E-state index < -0.39 is 23.3 Å². The first-order chi connectivity index (χ1) is 14.0. The maximum atomic E-state index is 14.5. The van der Waals surface area contributed by atoms with Crippen LogP contribution in [-0.4, -0.2) is 13.7 Å². The monoisotopic (exact) mass is 402 g/mol. The SMILES string of the molecule is COCC=CC1CCC(c2cc(F)c(C#Cc3ccc(F)c(F)c3)c(F)c2)CC1. The Morgan fingerprint density at radius 3 is 2.21 bits per heavy atom. The van der Waals surface area contributed by atoms with Crippen LogP contribution >= 0.6 is 0 Å². The van der Waals surface area contributed by atoms with Crippen LogP contribution in [0.1, 0.15) is 48.3 Å². The largest absolute Gasteiger partial charge is 0.381 e. The van der Waals surface area contributed by atoms with Crippen molar-refractivity contribution in [2.75, 3.05) is 13.7 Å². The summed E-state index contributed by atoms with van der Waals surface area (Å²) in [5, 5.41) is 0. The van der Waals surface area contributed by atoms with Crippen LogP contribution in [0, 0.1) is 41.0 Å². The Morgan fingerprint density at radius 2 is 1.59 bits per heavy atom. The van der Waals surface area contributed by atoms with Crippen molar-refractivity contribution in [3.63, 3.8) is 0 Å². The molecule has 5 heteroatoms. The smallest absolute Gasteiger partial charge is 0.160 e. The maximum Gasteiger partial charge on any atom is 0.160 e. The second-order valence-electron chi connectivity index (χ2n) is 7.23. The number of hydrogen-bond donors (Lipinski definition) is 0. The van der Waals surface area contributed by atoms with Gasteiger partial charge in [-0.2, -0.15) is 0 Å². The molecule has 0 radical (unpaired) electrons. The van der Waals surface area contributed by atoms with Gasteiger partial charge in [-0.25, -0.2) is 17.6 Å². The van der Waals surface area contributed by atoms with Crippen molar-refractivity contribution in [3.05, 3.63) is 82.4 Å². The molecule has 0 N–H and O–H groups in total. The number of hydrogen-bond acceptors (Lipinski definition) is 1. The fourth-order valence-electron chi connectivity index (χ4n) is 3.65. The van der Waals surface area contributed by atoms with Crippen LogP contribution in [0.3, 0.4) is 0 Å². The Kier molecular flexibility index (Phi) is 7.11. The van der Waals surface area contributed by atoms with Gasteiger partial charge < -0.3 is 4.74 Å². The van der Waals surface area contributed by atoms with E-state index in [0.29, 0.717) is 18.1 Å². The van der Waals surface area contributed by atoms with Gasteiger partial charge in [-0.15, -0.1) is 0 Å². The maximum absolute atomic E-state index is 14.5. The zero-order valence-electron chi connectivity index (χ0n) is 16.2. The number of halogens is 4. The molecule has 0 atom stereocenters. The Morgan fingerprint density at radius 1 is 0.897 bits per heavy atom. The predicted octanol–water partition coefficient (Wildman–Crippen LogP) is 6.12. The summed E-state index contributed by atoms with van der Waals surface area (Å²) in [6.45, 7) is 0.587. The molecule has 0 aromatic heterocycles. The van der Waals surface area contributed by atoms with Gasteiger partial charge in [-0.3, -0.25) is 0 Å². The van der Waals surface area contributed by atoms with Crippen molar-refractivity contribution >= 4 is 0 Å². The fourth-order valence-corrected chi connectivity index (χ4v) is 3.65. The van der Waals surface area contributed by atoms with Crippen molar-refractivity contribution in [2.24, 2.45) is 5.92 Å². The quantitative estimate of drug-likeness (QED) is 0.340. The molecule has 1 fully saturated rings. The Balaban J connectivity index is 1.72. The third kappa shape index (κ3) is 5.48. The standard InChI is InChI=1S/C24H22F4O/c1-29-12-2-3-16-4-8-18(9-5-16)19-14-22(26)20(23(27)15-19)10-6-17-7-11-21(25)24(28)13-17/h2-3,7,11,13-16,18H,4-5,8-9,12H2,1H3. The molecule has 0 amide bonds. The average molecular weight is 402 g/mol. The zero-order valence-corrected chi connectivity index (χ0v) is 16.2. The van der Waals surface area contributed by atoms with E-state index in [2.05, 4.69) is 17.9 Å². The van der Waals surface area contributed by atoms with Gasteiger partial charge in [0.15, 0.2) is 11.6 Å². The second kappa shape index (κ2) is 9.76. The first-order valence-electron chi connectivity index (χ1n) is 9.59. The van der Waals surface area contributed by atoms with E-state index in [1.807, 2.05) is 6.08 Å². The number of benzene rings is 2. The summed E-state index contributed by atoms with van der Waals surface area (Å²) in [4.78, 5) is 0. The Bertz CT molecular complexity index is 924. The lowest BCUT2D eigenvalue weighted by Gasteiger charge is -2.27. The summed E-state index contributed by atoms with van der Waals surface area (Å²) in [6, 6.07) is 5.76. The molecule has 152 valence electrons. The molecule has 2 aromatic carbocycles. The molecule has 1 aliphatic carbocycles. The molecular weight excluding hydrogens is 380 g/mol. The van der Waals surface area contributed by atoms with E-state index in [4.69, 9.17) is 4.74 Å². The van der Waals surface area contributed by atoms with E-state index in [1.54, 1.807) is 7.11 Å². The lowest BCUT2D eigenvalue weighted by Crippen LogP contribution is -2.12. The van der Waals surface area contributed by atoms with E-state index in [1.165, 1.54) is 18.2 Å². The molecule has 0 heterocycles. The van der Waals surface area contributed by atoms with E-state index in [0.717, 1.165) is 37.8 Å². The number of allylic oxidation sites excluding steroid dienone is 1. The second-order valence-corrected chi connectivity index (χ2v) is 7.23. The molecular formula is C24H22F4O. The van der Waals surface area contributed by atoms with Crippen LogP contribution in [0.4, 0.5) is 17.6 Å². The van der Waals surface area contributed by atoms with Crippen LogP contribution in [0.2, 0.25) is 0 Å². The molecule has 3 rings (SSSR count). The van der Waals surface area contributed by atoms with Crippen LogP contribution in [-0.2, 0) is 4.74 Å². The normalized spacial score (nSPS) is 19.2. The van der Waals surface area contributed by atoms with Gasteiger partial charge in [0.1, 0.15) is 11.6 Å². The van der Waals surface area contributed by atoms with Gasteiger partial charge in [0.25, 0.3) is 0 Å². The van der Waals surface area contributed by atoms with E-state index >= 15 is 0 Å².